The predicted octanol–water partition coefficient (Wildman–Crippen LogP) is 0.986. The molecule has 0 spiro atoms. The maximum Gasteiger partial charge on any atom is 0.239 e. The molecule has 78 valence electrons. The van der Waals surface area contributed by atoms with Gasteiger partial charge in [0.15, 0.2) is 0 Å². The number of benzene rings is 1. The van der Waals surface area contributed by atoms with Crippen LogP contribution >= 0.6 is 0 Å². The highest BCUT2D eigenvalue weighted by Gasteiger charge is 2.01. The van der Waals surface area contributed by atoms with Crippen molar-refractivity contribution in [2.75, 3.05) is 12.8 Å². The number of nitrogens with one attached hydrogen (secondary N) is 1. The Morgan fingerprint density at radius 2 is 2.07 bits per heavy atom. The van der Waals surface area contributed by atoms with E-state index in [1.807, 2.05) is 24.3 Å². The van der Waals surface area contributed by atoms with Gasteiger partial charge in [0, 0.05) is 6.42 Å². The van der Waals surface area contributed by atoms with Gasteiger partial charge in [-0.15, -0.1) is 5.10 Å². The van der Waals surface area contributed by atoms with E-state index in [4.69, 9.17) is 10.5 Å². The van der Waals surface area contributed by atoms with Crippen molar-refractivity contribution in [3.05, 3.63) is 35.7 Å². The van der Waals surface area contributed by atoms with Crippen LogP contribution in [0.3, 0.4) is 0 Å². The molecule has 15 heavy (non-hydrogen) atoms. The molecule has 3 N–H and O–H groups in total. The minimum Gasteiger partial charge on any atom is -0.497 e. The largest absolute Gasteiger partial charge is 0.497 e. The lowest BCUT2D eigenvalue weighted by atomic mass is 10.1. The van der Waals surface area contributed by atoms with E-state index in [-0.39, 0.29) is 5.95 Å². The first-order valence-corrected chi connectivity index (χ1v) is 4.57. The molecule has 0 aliphatic heterocycles. The first kappa shape index (κ1) is 9.51. The highest BCUT2D eigenvalue weighted by Crippen LogP contribution is 2.13. The van der Waals surface area contributed by atoms with E-state index in [1.54, 1.807) is 7.11 Å². The molecule has 0 aliphatic carbocycles. The highest BCUT2D eigenvalue weighted by atomic mass is 16.5. The number of aromatic nitrogens is 3. The third-order valence-corrected chi connectivity index (χ3v) is 2.08. The van der Waals surface area contributed by atoms with E-state index in [0.717, 1.165) is 17.1 Å². The van der Waals surface area contributed by atoms with Crippen LogP contribution < -0.4 is 10.5 Å². The summed E-state index contributed by atoms with van der Waals surface area (Å²) in [4.78, 5) is 4.03. The molecule has 5 heteroatoms. The number of nitrogen functional groups attached to an aromatic ring is 1. The number of nitrogens with zero attached hydrogens (tertiary/aromatic N) is 2. The van der Waals surface area contributed by atoms with Gasteiger partial charge in [-0.05, 0) is 17.7 Å². The molecule has 2 rings (SSSR count). The van der Waals surface area contributed by atoms with Crippen LogP contribution in [0.5, 0.6) is 5.75 Å². The molecule has 0 amide bonds. The summed E-state index contributed by atoms with van der Waals surface area (Å²) in [6, 6.07) is 7.79. The van der Waals surface area contributed by atoms with Crippen LogP contribution in [0.2, 0.25) is 0 Å². The Morgan fingerprint density at radius 3 is 2.60 bits per heavy atom. The molecular formula is C10H12N4O. The number of hydrogen-bond acceptors (Lipinski definition) is 4. The van der Waals surface area contributed by atoms with E-state index < -0.39 is 0 Å². The molecule has 1 aromatic carbocycles. The van der Waals surface area contributed by atoms with Gasteiger partial charge in [-0.1, -0.05) is 12.1 Å². The Morgan fingerprint density at radius 1 is 1.33 bits per heavy atom. The van der Waals surface area contributed by atoms with Crippen LogP contribution in [0.15, 0.2) is 24.3 Å². The predicted molar refractivity (Wildman–Crippen MR) is 56.6 cm³/mol. The lowest BCUT2D eigenvalue weighted by Crippen LogP contribution is -1.92. The molecule has 1 heterocycles. The monoisotopic (exact) mass is 204 g/mol. The molecule has 0 radical (unpaired) electrons. The van der Waals surface area contributed by atoms with E-state index in [0.29, 0.717) is 6.42 Å². The summed E-state index contributed by atoms with van der Waals surface area (Å²) in [6.07, 6.45) is 0.689. The number of aromatic amines is 1. The van der Waals surface area contributed by atoms with Crippen molar-refractivity contribution >= 4 is 5.95 Å². The van der Waals surface area contributed by atoms with Gasteiger partial charge < -0.3 is 10.5 Å². The lowest BCUT2D eigenvalue weighted by Gasteiger charge is -2.00. The quantitative estimate of drug-likeness (QED) is 0.781. The fourth-order valence-corrected chi connectivity index (χ4v) is 1.33. The summed E-state index contributed by atoms with van der Waals surface area (Å²) in [6.45, 7) is 0. The second-order valence-corrected chi connectivity index (χ2v) is 3.17. The molecule has 0 unspecified atom stereocenters. The second kappa shape index (κ2) is 4.00. The SMILES string of the molecule is COc1ccc(Cc2nc(N)n[nH]2)cc1. The van der Waals surface area contributed by atoms with Gasteiger partial charge in [0.2, 0.25) is 5.95 Å². The van der Waals surface area contributed by atoms with Crippen molar-refractivity contribution in [1.29, 1.82) is 0 Å². The number of anilines is 1. The first-order valence-electron chi connectivity index (χ1n) is 4.57. The van der Waals surface area contributed by atoms with Crippen molar-refractivity contribution in [2.45, 2.75) is 6.42 Å². The number of hydrogen-bond donors (Lipinski definition) is 2. The zero-order chi connectivity index (χ0) is 10.7. The Kier molecular flexibility index (Phi) is 2.53. The third kappa shape index (κ3) is 2.25. The maximum atomic E-state index is 5.40. The summed E-state index contributed by atoms with van der Waals surface area (Å²) >= 11 is 0. The minimum atomic E-state index is 0.276. The Bertz CT molecular complexity index is 435. The van der Waals surface area contributed by atoms with Gasteiger partial charge in [-0.25, -0.2) is 0 Å². The van der Waals surface area contributed by atoms with Crippen LogP contribution in [-0.2, 0) is 6.42 Å². The van der Waals surface area contributed by atoms with Crippen LogP contribution in [-0.4, -0.2) is 22.3 Å². The summed E-state index contributed by atoms with van der Waals surface area (Å²) in [7, 11) is 1.64. The topological polar surface area (TPSA) is 76.8 Å². The van der Waals surface area contributed by atoms with Crippen molar-refractivity contribution in [2.24, 2.45) is 0 Å². The lowest BCUT2D eigenvalue weighted by molar-refractivity contribution is 0.414. The number of methoxy groups -OCH3 is 1. The average Bonchev–Trinajstić information content (AvgIpc) is 2.65. The molecule has 5 nitrogen and oxygen atoms in total. The van der Waals surface area contributed by atoms with Gasteiger partial charge >= 0.3 is 0 Å². The van der Waals surface area contributed by atoms with Gasteiger partial charge in [0.25, 0.3) is 0 Å². The number of H-pyrrole nitrogens is 1. The van der Waals surface area contributed by atoms with Crippen LogP contribution in [0.25, 0.3) is 0 Å². The molecule has 0 saturated carbocycles. The fraction of sp³-hybridized carbons (Fsp3) is 0.200. The van der Waals surface area contributed by atoms with Crippen molar-refractivity contribution in [3.63, 3.8) is 0 Å². The van der Waals surface area contributed by atoms with E-state index >= 15 is 0 Å². The summed E-state index contributed by atoms with van der Waals surface area (Å²) < 4.78 is 5.07. The van der Waals surface area contributed by atoms with Crippen molar-refractivity contribution < 1.29 is 4.74 Å². The van der Waals surface area contributed by atoms with E-state index in [2.05, 4.69) is 15.2 Å². The molecule has 0 aliphatic rings. The van der Waals surface area contributed by atoms with Crippen molar-refractivity contribution in [1.82, 2.24) is 15.2 Å². The number of nitrogens with two attached hydrogens (primary N) is 1. The molecular weight excluding hydrogens is 192 g/mol. The molecule has 2 aromatic rings. The Hall–Kier alpha value is -2.04. The summed E-state index contributed by atoms with van der Waals surface area (Å²) in [5, 5.41) is 6.53. The normalized spacial score (nSPS) is 10.2. The Balaban J connectivity index is 2.11. The van der Waals surface area contributed by atoms with Crippen LogP contribution in [0.4, 0.5) is 5.95 Å². The second-order valence-electron chi connectivity index (χ2n) is 3.17. The molecule has 1 aromatic heterocycles. The fourth-order valence-electron chi connectivity index (χ4n) is 1.33. The minimum absolute atomic E-state index is 0.276. The Labute approximate surface area is 87.3 Å². The molecule has 0 saturated heterocycles. The van der Waals surface area contributed by atoms with E-state index in [1.165, 1.54) is 0 Å². The maximum absolute atomic E-state index is 5.40. The van der Waals surface area contributed by atoms with Gasteiger partial charge in [0.05, 0.1) is 7.11 Å². The number of rotatable bonds is 3. The molecule has 0 fully saturated rings. The van der Waals surface area contributed by atoms with Gasteiger partial charge in [-0.2, -0.15) is 4.98 Å². The zero-order valence-electron chi connectivity index (χ0n) is 8.40. The standard InChI is InChI=1S/C10H12N4O/c1-15-8-4-2-7(3-5-8)6-9-12-10(11)14-13-9/h2-5H,6H2,1H3,(H3,11,12,13,14). The molecule has 0 bridgehead atoms. The van der Waals surface area contributed by atoms with Gasteiger partial charge in [0.1, 0.15) is 11.6 Å². The first-order chi connectivity index (χ1) is 7.28. The summed E-state index contributed by atoms with van der Waals surface area (Å²) in [5.74, 6) is 1.88. The van der Waals surface area contributed by atoms with Crippen LogP contribution in [0.1, 0.15) is 11.4 Å². The van der Waals surface area contributed by atoms with Gasteiger partial charge in [-0.3, -0.25) is 5.10 Å². The summed E-state index contributed by atoms with van der Waals surface area (Å²) in [5.41, 5.74) is 6.54. The third-order valence-electron chi connectivity index (χ3n) is 2.08. The molecule has 0 atom stereocenters. The highest BCUT2D eigenvalue weighted by molar-refractivity contribution is 5.29. The zero-order valence-corrected chi connectivity index (χ0v) is 8.40. The smallest absolute Gasteiger partial charge is 0.239 e. The van der Waals surface area contributed by atoms with Crippen molar-refractivity contribution in [3.8, 4) is 5.75 Å². The van der Waals surface area contributed by atoms with Crippen LogP contribution in [0, 0.1) is 0 Å². The average molecular weight is 204 g/mol. The number of ether oxygens (including phenoxy) is 1. The van der Waals surface area contributed by atoms with E-state index in [9.17, 15) is 0 Å².